The number of fused-ring (bicyclic) bond motifs is 2. The van der Waals surface area contributed by atoms with Gasteiger partial charge in [0.25, 0.3) is 11.5 Å². The molecule has 0 fully saturated rings. The number of benzene rings is 2. The van der Waals surface area contributed by atoms with Crippen LogP contribution in [0.4, 0.5) is 5.69 Å². The fraction of sp³-hybridized carbons (Fsp3) is 0.375. The van der Waals surface area contributed by atoms with E-state index in [4.69, 9.17) is 19.2 Å². The molecule has 220 valence electrons. The summed E-state index contributed by atoms with van der Waals surface area (Å²) < 4.78 is 18.5. The Labute approximate surface area is 248 Å². The Bertz CT molecular complexity index is 1750. The van der Waals surface area contributed by atoms with Crippen molar-refractivity contribution in [1.82, 2.24) is 4.57 Å². The van der Waals surface area contributed by atoms with Crippen molar-refractivity contribution in [3.05, 3.63) is 84.5 Å². The van der Waals surface area contributed by atoms with E-state index in [2.05, 4.69) is 6.92 Å². The molecule has 9 nitrogen and oxygen atoms in total. The molecule has 0 aliphatic carbocycles. The van der Waals surface area contributed by atoms with E-state index in [0.29, 0.717) is 46.1 Å². The Morgan fingerprint density at radius 3 is 2.50 bits per heavy atom. The Kier molecular flexibility index (Phi) is 8.63. The number of rotatable bonds is 10. The highest BCUT2D eigenvalue weighted by molar-refractivity contribution is 7.07. The average Bonchev–Trinajstić information content (AvgIpc) is 3.47. The van der Waals surface area contributed by atoms with Gasteiger partial charge in [0.2, 0.25) is 0 Å². The molecule has 0 saturated heterocycles. The van der Waals surface area contributed by atoms with Crippen molar-refractivity contribution < 1.29 is 23.8 Å². The van der Waals surface area contributed by atoms with Gasteiger partial charge in [-0.25, -0.2) is 9.79 Å². The number of allylic oxidation sites excluding steroid dienone is 1. The molecule has 10 heteroatoms. The number of carbonyl (C=O) groups is 2. The monoisotopic (exact) mass is 589 g/mol. The van der Waals surface area contributed by atoms with Crippen molar-refractivity contribution in [2.45, 2.75) is 52.5 Å². The molecule has 2 aliphatic rings. The Morgan fingerprint density at radius 2 is 1.81 bits per heavy atom. The summed E-state index contributed by atoms with van der Waals surface area (Å²) in [6.45, 7) is 6.54. The highest BCUT2D eigenvalue weighted by Gasteiger charge is 2.38. The van der Waals surface area contributed by atoms with Crippen LogP contribution in [-0.4, -0.2) is 43.8 Å². The van der Waals surface area contributed by atoms with Crippen LogP contribution in [0.1, 0.15) is 63.6 Å². The van der Waals surface area contributed by atoms with Gasteiger partial charge in [-0.3, -0.25) is 14.2 Å². The maximum atomic E-state index is 14.5. The first-order valence-corrected chi connectivity index (χ1v) is 15.1. The summed E-state index contributed by atoms with van der Waals surface area (Å²) >= 11 is 1.17. The number of nitrogens with zero attached hydrogens (tertiary/aromatic N) is 3. The number of methoxy groups -OCH3 is 2. The first-order valence-electron chi connectivity index (χ1n) is 14.3. The van der Waals surface area contributed by atoms with E-state index >= 15 is 0 Å². The summed E-state index contributed by atoms with van der Waals surface area (Å²) in [7, 11) is 3.09. The van der Waals surface area contributed by atoms with Gasteiger partial charge in [-0.2, -0.15) is 0 Å². The number of thiazole rings is 1. The summed E-state index contributed by atoms with van der Waals surface area (Å²) in [6.07, 6.45) is 3.00. The summed E-state index contributed by atoms with van der Waals surface area (Å²) in [6, 6.07) is 11.9. The van der Waals surface area contributed by atoms with Gasteiger partial charge in [0.05, 0.1) is 43.4 Å². The molecule has 3 aromatic rings. The number of amides is 1. The van der Waals surface area contributed by atoms with Gasteiger partial charge in [-0.05, 0) is 44.0 Å². The lowest BCUT2D eigenvalue weighted by Gasteiger charge is -2.27. The second-order valence-corrected chi connectivity index (χ2v) is 11.0. The van der Waals surface area contributed by atoms with E-state index in [-0.39, 0.29) is 22.6 Å². The number of ether oxygens (including phenoxy) is 3. The van der Waals surface area contributed by atoms with Crippen LogP contribution in [-0.2, 0) is 14.3 Å². The molecular weight excluding hydrogens is 554 g/mol. The Morgan fingerprint density at radius 1 is 1.02 bits per heavy atom. The normalized spacial score (nSPS) is 17.1. The zero-order valence-electron chi connectivity index (χ0n) is 24.6. The average molecular weight is 590 g/mol. The summed E-state index contributed by atoms with van der Waals surface area (Å²) in [5.74, 6) is 0.264. The van der Waals surface area contributed by atoms with E-state index < -0.39 is 17.6 Å². The number of hydrogen-bond donors (Lipinski definition) is 0. The van der Waals surface area contributed by atoms with Crippen molar-refractivity contribution in [2.75, 3.05) is 32.3 Å². The van der Waals surface area contributed by atoms with Gasteiger partial charge in [0.1, 0.15) is 22.1 Å². The quantitative estimate of drug-likeness (QED) is 0.330. The molecule has 1 aromatic heterocycles. The highest BCUT2D eigenvalue weighted by atomic mass is 32.1. The van der Waals surface area contributed by atoms with E-state index in [9.17, 15) is 14.4 Å². The number of esters is 1. The summed E-state index contributed by atoms with van der Waals surface area (Å²) in [4.78, 5) is 49.0. The molecule has 2 aliphatic heterocycles. The second-order valence-electron chi connectivity index (χ2n) is 10.0. The predicted octanol–water partition coefficient (Wildman–Crippen LogP) is 4.11. The minimum atomic E-state index is -0.899. The van der Waals surface area contributed by atoms with Crippen LogP contribution >= 0.6 is 11.3 Å². The van der Waals surface area contributed by atoms with Crippen LogP contribution in [0.5, 0.6) is 11.5 Å². The van der Waals surface area contributed by atoms with Gasteiger partial charge in [-0.15, -0.1) is 0 Å². The number of anilines is 1. The Hall–Kier alpha value is -4.18. The molecular formula is C32H35N3O6S. The smallest absolute Gasteiger partial charge is 0.338 e. The topological polar surface area (TPSA) is 99.4 Å². The third-order valence-electron chi connectivity index (χ3n) is 7.48. The number of carbonyl (C=O) groups excluding carboxylic acids is 2. The zero-order valence-corrected chi connectivity index (χ0v) is 25.4. The number of para-hydroxylation sites is 1. The molecule has 0 saturated carbocycles. The van der Waals surface area contributed by atoms with E-state index in [1.165, 1.54) is 23.0 Å². The standard InChI is InChI=1S/C32H35N3O6S/c1-6-9-17-34-23-14-11-10-13-20(23)25(29(34)36)28-30(37)35-27(21-18-19(39-4)15-16-24(21)40-5)26(31(38)41-8-3)22(12-7-2)33-32(35)42-28/h10-11,13-16,18,27H,6-9,12,17H2,1-5H3/b28-25-/t27-/m0/s1. The van der Waals surface area contributed by atoms with Gasteiger partial charge in [-0.1, -0.05) is 56.2 Å². The lowest BCUT2D eigenvalue weighted by atomic mass is 9.93. The van der Waals surface area contributed by atoms with Gasteiger partial charge < -0.3 is 19.1 Å². The van der Waals surface area contributed by atoms with E-state index in [1.807, 2.05) is 31.2 Å². The molecule has 0 bridgehead atoms. The van der Waals surface area contributed by atoms with Gasteiger partial charge >= 0.3 is 5.97 Å². The van der Waals surface area contributed by atoms with Crippen LogP contribution < -0.4 is 29.3 Å². The second kappa shape index (κ2) is 12.4. The molecule has 1 atom stereocenters. The molecule has 3 heterocycles. The molecule has 1 amide bonds. The first kappa shape index (κ1) is 29.3. The molecule has 0 unspecified atom stereocenters. The molecule has 0 spiro atoms. The van der Waals surface area contributed by atoms with Crippen molar-refractivity contribution >= 4 is 34.5 Å². The zero-order chi connectivity index (χ0) is 30.0. The van der Waals surface area contributed by atoms with Gasteiger partial charge in [0.15, 0.2) is 4.80 Å². The number of unbranched alkanes of at least 4 members (excludes halogenated alkanes) is 1. The molecule has 0 radical (unpaired) electrons. The molecule has 0 N–H and O–H groups in total. The lowest BCUT2D eigenvalue weighted by molar-refractivity contribution is -0.139. The summed E-state index contributed by atoms with van der Waals surface area (Å²) in [5, 5.41) is 0. The van der Waals surface area contributed by atoms with Crippen LogP contribution in [0.15, 0.2) is 63.5 Å². The first-order chi connectivity index (χ1) is 20.4. The number of hydrogen-bond acceptors (Lipinski definition) is 8. The maximum absolute atomic E-state index is 14.5. The predicted molar refractivity (Wildman–Crippen MR) is 162 cm³/mol. The minimum Gasteiger partial charge on any atom is -0.497 e. The molecule has 42 heavy (non-hydrogen) atoms. The van der Waals surface area contributed by atoms with Crippen molar-refractivity contribution in [2.24, 2.45) is 4.99 Å². The highest BCUT2D eigenvalue weighted by Crippen LogP contribution is 2.39. The molecule has 5 rings (SSSR count). The van der Waals surface area contributed by atoms with Crippen molar-refractivity contribution in [3.63, 3.8) is 0 Å². The summed E-state index contributed by atoms with van der Waals surface area (Å²) in [5.41, 5.74) is 2.85. The fourth-order valence-corrected chi connectivity index (χ4v) is 6.67. The Balaban J connectivity index is 1.86. The van der Waals surface area contributed by atoms with Crippen LogP contribution in [0.25, 0.3) is 5.57 Å². The van der Waals surface area contributed by atoms with Crippen LogP contribution in [0.2, 0.25) is 0 Å². The van der Waals surface area contributed by atoms with E-state index in [0.717, 1.165) is 30.5 Å². The third kappa shape index (κ3) is 4.93. The maximum Gasteiger partial charge on any atom is 0.338 e. The van der Waals surface area contributed by atoms with Crippen molar-refractivity contribution in [3.8, 4) is 11.5 Å². The number of aromatic nitrogens is 1. The van der Waals surface area contributed by atoms with Crippen LogP contribution in [0, 0.1) is 0 Å². The SMILES string of the molecule is CCCCN1C(=O)/C(=c2\sc3n(c2=O)[C@@H](c2cc(OC)ccc2OC)C(C(=O)OCC)=C(CCC)N=3)c2ccccc21. The van der Waals surface area contributed by atoms with Crippen molar-refractivity contribution in [1.29, 1.82) is 0 Å². The lowest BCUT2D eigenvalue weighted by Crippen LogP contribution is -2.41. The fourth-order valence-electron chi connectivity index (χ4n) is 5.56. The van der Waals surface area contributed by atoms with E-state index in [1.54, 1.807) is 37.1 Å². The minimum absolute atomic E-state index is 0.164. The van der Waals surface area contributed by atoms with Gasteiger partial charge in [0, 0.05) is 17.7 Å². The third-order valence-corrected chi connectivity index (χ3v) is 8.54. The molecule has 2 aromatic carbocycles. The van der Waals surface area contributed by atoms with Crippen LogP contribution in [0.3, 0.4) is 0 Å². The largest absolute Gasteiger partial charge is 0.497 e.